The predicted molar refractivity (Wildman–Crippen MR) is 156 cm³/mol. The number of amides is 2. The number of ether oxygens (including phenoxy) is 2. The van der Waals surface area contributed by atoms with E-state index in [1.54, 1.807) is 43.1 Å². The Labute approximate surface area is 234 Å². The van der Waals surface area contributed by atoms with Crippen molar-refractivity contribution in [2.24, 2.45) is 0 Å². The molecule has 5 rings (SSSR count). The van der Waals surface area contributed by atoms with Crippen molar-refractivity contribution in [3.05, 3.63) is 106 Å². The van der Waals surface area contributed by atoms with Crippen LogP contribution in [0.25, 0.3) is 16.8 Å². The van der Waals surface area contributed by atoms with Crippen molar-refractivity contribution in [1.82, 2.24) is 4.90 Å². The lowest BCUT2D eigenvalue weighted by Crippen LogP contribution is -2.27. The molecule has 0 atom stereocenters. The van der Waals surface area contributed by atoms with Gasteiger partial charge in [0.2, 0.25) is 0 Å². The first-order valence-electron chi connectivity index (χ1n) is 11.9. The summed E-state index contributed by atoms with van der Waals surface area (Å²) in [7, 11) is 1.58. The van der Waals surface area contributed by atoms with E-state index in [-0.39, 0.29) is 17.7 Å². The van der Waals surface area contributed by atoms with Crippen LogP contribution < -0.4 is 9.47 Å². The van der Waals surface area contributed by atoms with Gasteiger partial charge in [0.1, 0.15) is 0 Å². The molecule has 4 aromatic carbocycles. The Morgan fingerprint density at radius 3 is 2.58 bits per heavy atom. The number of hydrogen-bond acceptors (Lipinski definition) is 6. The zero-order valence-corrected chi connectivity index (χ0v) is 22.9. The van der Waals surface area contributed by atoms with Crippen molar-refractivity contribution in [2.75, 3.05) is 19.5 Å². The molecule has 8 heteroatoms. The molecule has 0 spiro atoms. The quantitative estimate of drug-likeness (QED) is 0.118. The molecule has 0 aromatic heterocycles. The zero-order chi connectivity index (χ0) is 26.5. The normalized spacial score (nSPS) is 14.5. The number of fused-ring (bicyclic) bond motifs is 1. The summed E-state index contributed by atoms with van der Waals surface area (Å²) in [6, 6.07) is 27.3. The molecule has 1 aliphatic rings. The summed E-state index contributed by atoms with van der Waals surface area (Å²) in [4.78, 5) is 28.3. The maximum absolute atomic E-state index is 12.9. The molecule has 192 valence electrons. The molecule has 1 fully saturated rings. The Bertz CT molecular complexity index is 1530. The van der Waals surface area contributed by atoms with Crippen LogP contribution in [0.4, 0.5) is 4.79 Å². The van der Waals surface area contributed by atoms with Gasteiger partial charge in [0.25, 0.3) is 11.1 Å². The first kappa shape index (κ1) is 26.2. The predicted octanol–water partition coefficient (Wildman–Crippen LogP) is 7.91. The van der Waals surface area contributed by atoms with Crippen LogP contribution >= 0.6 is 35.1 Å². The molecule has 38 heavy (non-hydrogen) atoms. The summed E-state index contributed by atoms with van der Waals surface area (Å²) in [6.45, 7) is 0.638. The fourth-order valence-electron chi connectivity index (χ4n) is 4.10. The average Bonchev–Trinajstić information content (AvgIpc) is 3.20. The SMILES string of the molecule is COc1cc(/C=C2\SC(=O)N(Cc3ccccc3Cl)C2=O)ccc1OCCSc1cccc2ccccc12. The number of rotatable bonds is 9. The molecule has 0 unspecified atom stereocenters. The van der Waals surface area contributed by atoms with Gasteiger partial charge in [0.15, 0.2) is 11.5 Å². The second-order valence-electron chi connectivity index (χ2n) is 8.44. The number of hydrogen-bond donors (Lipinski definition) is 0. The largest absolute Gasteiger partial charge is 0.493 e. The molecule has 0 radical (unpaired) electrons. The minimum absolute atomic E-state index is 0.133. The number of benzene rings is 4. The number of halogens is 1. The summed E-state index contributed by atoms with van der Waals surface area (Å²) in [5.41, 5.74) is 1.46. The first-order chi connectivity index (χ1) is 18.5. The Morgan fingerprint density at radius 1 is 0.947 bits per heavy atom. The van der Waals surface area contributed by atoms with Crippen LogP contribution in [0.3, 0.4) is 0 Å². The van der Waals surface area contributed by atoms with E-state index in [0.717, 1.165) is 28.6 Å². The lowest BCUT2D eigenvalue weighted by molar-refractivity contribution is -0.123. The minimum Gasteiger partial charge on any atom is -0.493 e. The lowest BCUT2D eigenvalue weighted by atomic mass is 10.1. The van der Waals surface area contributed by atoms with Crippen LogP contribution in [0, 0.1) is 0 Å². The van der Waals surface area contributed by atoms with Gasteiger partial charge in [-0.25, -0.2) is 0 Å². The molecule has 0 bridgehead atoms. The van der Waals surface area contributed by atoms with Crippen molar-refractivity contribution in [3.8, 4) is 11.5 Å². The Morgan fingerprint density at radius 2 is 1.74 bits per heavy atom. The fourth-order valence-corrected chi connectivity index (χ4v) is 6.04. The molecule has 0 saturated carbocycles. The highest BCUT2D eigenvalue weighted by molar-refractivity contribution is 8.18. The number of carbonyl (C=O) groups is 2. The zero-order valence-electron chi connectivity index (χ0n) is 20.6. The van der Waals surface area contributed by atoms with E-state index < -0.39 is 0 Å². The number of imide groups is 1. The molecule has 2 amide bonds. The highest BCUT2D eigenvalue weighted by Gasteiger charge is 2.35. The van der Waals surface area contributed by atoms with E-state index in [2.05, 4.69) is 36.4 Å². The maximum atomic E-state index is 12.9. The van der Waals surface area contributed by atoms with Crippen molar-refractivity contribution in [2.45, 2.75) is 11.4 Å². The van der Waals surface area contributed by atoms with Gasteiger partial charge in [0, 0.05) is 15.7 Å². The van der Waals surface area contributed by atoms with Crippen LogP contribution in [0.5, 0.6) is 11.5 Å². The van der Waals surface area contributed by atoms with Gasteiger partial charge in [0.05, 0.1) is 25.2 Å². The van der Waals surface area contributed by atoms with E-state index in [1.165, 1.54) is 20.6 Å². The van der Waals surface area contributed by atoms with Gasteiger partial charge in [-0.3, -0.25) is 14.5 Å². The monoisotopic (exact) mass is 561 g/mol. The second kappa shape index (κ2) is 12.0. The number of carbonyl (C=O) groups excluding carboxylic acids is 2. The van der Waals surface area contributed by atoms with E-state index >= 15 is 0 Å². The molecule has 1 heterocycles. The van der Waals surface area contributed by atoms with E-state index in [1.807, 2.05) is 30.3 Å². The molecule has 5 nitrogen and oxygen atoms in total. The fraction of sp³-hybridized carbons (Fsp3) is 0.133. The van der Waals surface area contributed by atoms with E-state index in [4.69, 9.17) is 21.1 Å². The molecule has 1 saturated heterocycles. The van der Waals surface area contributed by atoms with Gasteiger partial charge < -0.3 is 9.47 Å². The summed E-state index contributed by atoms with van der Waals surface area (Å²) in [5, 5.41) is 2.65. The standard InChI is InChI=1S/C30H24ClNO4S2/c1-35-26-17-20(18-28-29(33)32(30(34)38-28)19-22-8-3-5-11-24(22)31)13-14-25(26)36-15-16-37-27-12-6-9-21-7-2-4-10-23(21)27/h2-14,17-18H,15-16,19H2,1H3/b28-18-. The van der Waals surface area contributed by atoms with Crippen molar-refractivity contribution >= 4 is 63.1 Å². The topological polar surface area (TPSA) is 55.8 Å². The van der Waals surface area contributed by atoms with Crippen LogP contribution in [-0.4, -0.2) is 35.5 Å². The highest BCUT2D eigenvalue weighted by Crippen LogP contribution is 2.36. The van der Waals surface area contributed by atoms with Gasteiger partial charge in [-0.1, -0.05) is 72.3 Å². The summed E-state index contributed by atoms with van der Waals surface area (Å²) in [6.07, 6.45) is 1.69. The number of methoxy groups -OCH3 is 1. The van der Waals surface area contributed by atoms with Crippen molar-refractivity contribution in [3.63, 3.8) is 0 Å². The third-order valence-electron chi connectivity index (χ3n) is 5.99. The third kappa shape index (κ3) is 5.85. The van der Waals surface area contributed by atoms with Gasteiger partial charge >= 0.3 is 0 Å². The molecular weight excluding hydrogens is 538 g/mol. The summed E-state index contributed by atoms with van der Waals surface area (Å²) >= 11 is 8.88. The Balaban J connectivity index is 1.23. The van der Waals surface area contributed by atoms with Crippen LogP contribution in [-0.2, 0) is 11.3 Å². The van der Waals surface area contributed by atoms with Crippen LogP contribution in [0.1, 0.15) is 11.1 Å². The first-order valence-corrected chi connectivity index (χ1v) is 14.1. The Hall–Kier alpha value is -3.39. The Kier molecular flexibility index (Phi) is 8.27. The van der Waals surface area contributed by atoms with Crippen molar-refractivity contribution < 1.29 is 19.1 Å². The van der Waals surface area contributed by atoms with Crippen LogP contribution in [0.15, 0.2) is 94.7 Å². The molecule has 0 aliphatic carbocycles. The molecule has 0 N–H and O–H groups in total. The number of nitrogens with zero attached hydrogens (tertiary/aromatic N) is 1. The van der Waals surface area contributed by atoms with Gasteiger partial charge in [-0.15, -0.1) is 11.8 Å². The van der Waals surface area contributed by atoms with E-state index in [0.29, 0.717) is 28.0 Å². The maximum Gasteiger partial charge on any atom is 0.293 e. The highest BCUT2D eigenvalue weighted by atomic mass is 35.5. The number of thioether (sulfide) groups is 2. The van der Waals surface area contributed by atoms with Crippen LogP contribution in [0.2, 0.25) is 5.02 Å². The summed E-state index contributed by atoms with van der Waals surface area (Å²) in [5.74, 6) is 1.61. The van der Waals surface area contributed by atoms with Gasteiger partial charge in [-0.05, 0) is 64.0 Å². The molecular formula is C30H24ClNO4S2. The molecule has 4 aromatic rings. The minimum atomic E-state index is -0.343. The van der Waals surface area contributed by atoms with Crippen molar-refractivity contribution in [1.29, 1.82) is 0 Å². The van der Waals surface area contributed by atoms with E-state index in [9.17, 15) is 9.59 Å². The smallest absolute Gasteiger partial charge is 0.293 e. The lowest BCUT2D eigenvalue weighted by Gasteiger charge is -2.13. The summed E-state index contributed by atoms with van der Waals surface area (Å²) < 4.78 is 11.5. The third-order valence-corrected chi connectivity index (χ3v) is 8.31. The molecule has 1 aliphatic heterocycles. The average molecular weight is 562 g/mol. The second-order valence-corrected chi connectivity index (χ2v) is 11.0. The van der Waals surface area contributed by atoms with Gasteiger partial charge in [-0.2, -0.15) is 0 Å².